The highest BCUT2D eigenvalue weighted by Crippen LogP contribution is 2.30. The second kappa shape index (κ2) is 10.00. The number of para-hydroxylation sites is 1. The number of anilines is 2. The molecule has 32 heavy (non-hydrogen) atoms. The van der Waals surface area contributed by atoms with Crippen molar-refractivity contribution in [2.24, 2.45) is 0 Å². The van der Waals surface area contributed by atoms with Crippen LogP contribution < -0.4 is 20.1 Å². The summed E-state index contributed by atoms with van der Waals surface area (Å²) in [6.45, 7) is 6.16. The third-order valence-corrected chi connectivity index (χ3v) is 4.65. The van der Waals surface area contributed by atoms with E-state index in [1.807, 2.05) is 24.3 Å². The lowest BCUT2D eigenvalue weighted by atomic mass is 9.86. The molecule has 0 atom stereocenters. The quantitative estimate of drug-likeness (QED) is 0.559. The molecule has 3 rings (SSSR count). The summed E-state index contributed by atoms with van der Waals surface area (Å²) in [7, 11) is 1.58. The van der Waals surface area contributed by atoms with E-state index >= 15 is 0 Å². The highest BCUT2D eigenvalue weighted by atomic mass is 16.5. The molecule has 0 aliphatic carbocycles. The predicted molar refractivity (Wildman–Crippen MR) is 123 cm³/mol. The van der Waals surface area contributed by atoms with Crippen LogP contribution in [-0.2, 0) is 21.5 Å². The van der Waals surface area contributed by atoms with Crippen LogP contribution in [-0.4, -0.2) is 35.3 Å². The first-order valence-corrected chi connectivity index (χ1v) is 10.2. The molecule has 2 N–H and O–H groups in total. The Bertz CT molecular complexity index is 1070. The number of amides is 2. The van der Waals surface area contributed by atoms with E-state index < -0.39 is 0 Å². The molecule has 3 aromatic rings. The Morgan fingerprint density at radius 1 is 0.969 bits per heavy atom. The molecular weight excluding hydrogens is 408 g/mol. The number of carbonyl (C=O) groups excluding carboxylic acids is 2. The van der Waals surface area contributed by atoms with E-state index in [4.69, 9.17) is 9.47 Å². The molecule has 1 aromatic heterocycles. The summed E-state index contributed by atoms with van der Waals surface area (Å²) in [6, 6.07) is 14.7. The molecule has 0 bridgehead atoms. The lowest BCUT2D eigenvalue weighted by Crippen LogP contribution is -2.22. The number of benzene rings is 2. The van der Waals surface area contributed by atoms with Gasteiger partial charge in [0.15, 0.2) is 6.61 Å². The maximum absolute atomic E-state index is 12.3. The third kappa shape index (κ3) is 6.34. The van der Waals surface area contributed by atoms with Gasteiger partial charge in [-0.2, -0.15) is 5.10 Å². The number of rotatable bonds is 8. The summed E-state index contributed by atoms with van der Waals surface area (Å²) in [4.78, 5) is 24.5. The molecule has 0 fully saturated rings. The van der Waals surface area contributed by atoms with Gasteiger partial charge in [0, 0.05) is 11.9 Å². The Hall–Kier alpha value is -3.81. The summed E-state index contributed by atoms with van der Waals surface area (Å²) < 4.78 is 12.3. The molecule has 0 aliphatic rings. The second-order valence-electron chi connectivity index (χ2n) is 8.29. The molecule has 8 heteroatoms. The number of methoxy groups -OCH3 is 1. The first-order chi connectivity index (χ1) is 15.2. The molecule has 1 heterocycles. The van der Waals surface area contributed by atoms with Crippen LogP contribution in [0.3, 0.4) is 0 Å². The van der Waals surface area contributed by atoms with Gasteiger partial charge in [0.05, 0.1) is 19.0 Å². The van der Waals surface area contributed by atoms with Crippen molar-refractivity contribution in [1.29, 1.82) is 0 Å². The molecule has 0 aliphatic heterocycles. The zero-order chi connectivity index (χ0) is 23.1. The SMILES string of the molecule is COc1ccc(NC(=O)Cn2cc(NC(=O)COc3ccccc3C(C)(C)C)cn2)cc1. The normalized spacial score (nSPS) is 11.0. The fourth-order valence-corrected chi connectivity index (χ4v) is 3.09. The van der Waals surface area contributed by atoms with Crippen LogP contribution in [0.1, 0.15) is 26.3 Å². The Morgan fingerprint density at radius 3 is 2.34 bits per heavy atom. The van der Waals surface area contributed by atoms with E-state index in [0.29, 0.717) is 22.9 Å². The number of nitrogens with one attached hydrogen (secondary N) is 2. The highest BCUT2D eigenvalue weighted by Gasteiger charge is 2.19. The molecule has 0 radical (unpaired) electrons. The molecule has 2 aromatic carbocycles. The maximum Gasteiger partial charge on any atom is 0.262 e. The van der Waals surface area contributed by atoms with Crippen LogP contribution >= 0.6 is 0 Å². The standard InChI is InChI=1S/C24H28N4O4/c1-24(2,3)20-7-5-6-8-21(20)32-16-23(30)27-18-13-25-28(14-18)15-22(29)26-17-9-11-19(31-4)12-10-17/h5-14H,15-16H2,1-4H3,(H,26,29)(H,27,30). The molecule has 0 saturated carbocycles. The predicted octanol–water partition coefficient (Wildman–Crippen LogP) is 3.85. The van der Waals surface area contributed by atoms with Gasteiger partial charge in [-0.15, -0.1) is 0 Å². The van der Waals surface area contributed by atoms with Gasteiger partial charge in [0.1, 0.15) is 18.0 Å². The largest absolute Gasteiger partial charge is 0.497 e. The van der Waals surface area contributed by atoms with Gasteiger partial charge in [0.2, 0.25) is 5.91 Å². The fraction of sp³-hybridized carbons (Fsp3) is 0.292. The first kappa shape index (κ1) is 22.9. The van der Waals surface area contributed by atoms with Crippen molar-refractivity contribution < 1.29 is 19.1 Å². The van der Waals surface area contributed by atoms with Gasteiger partial charge >= 0.3 is 0 Å². The summed E-state index contributed by atoms with van der Waals surface area (Å²) in [5.41, 5.74) is 2.08. The second-order valence-corrected chi connectivity index (χ2v) is 8.29. The highest BCUT2D eigenvalue weighted by molar-refractivity contribution is 5.92. The Balaban J connectivity index is 1.50. The molecule has 2 amide bonds. The average molecular weight is 437 g/mol. The monoisotopic (exact) mass is 436 g/mol. The third-order valence-electron chi connectivity index (χ3n) is 4.65. The number of nitrogens with zero attached hydrogens (tertiary/aromatic N) is 2. The summed E-state index contributed by atoms with van der Waals surface area (Å²) in [5, 5.41) is 9.64. The van der Waals surface area contributed by atoms with Crippen molar-refractivity contribution in [3.63, 3.8) is 0 Å². The number of hydrogen-bond acceptors (Lipinski definition) is 5. The summed E-state index contributed by atoms with van der Waals surface area (Å²) in [5.74, 6) is 0.844. The number of ether oxygens (including phenoxy) is 2. The topological polar surface area (TPSA) is 94.5 Å². The van der Waals surface area contributed by atoms with Gasteiger partial charge in [-0.3, -0.25) is 14.3 Å². The van der Waals surface area contributed by atoms with Gasteiger partial charge in [-0.05, 0) is 41.3 Å². The lowest BCUT2D eigenvalue weighted by molar-refractivity contribution is -0.118. The van der Waals surface area contributed by atoms with Crippen LogP contribution in [0.4, 0.5) is 11.4 Å². The number of aromatic nitrogens is 2. The van der Waals surface area contributed by atoms with E-state index in [9.17, 15) is 9.59 Å². The van der Waals surface area contributed by atoms with Gasteiger partial charge in [0.25, 0.3) is 5.91 Å². The molecule has 0 unspecified atom stereocenters. The van der Waals surface area contributed by atoms with Crippen LogP contribution in [0.25, 0.3) is 0 Å². The maximum atomic E-state index is 12.3. The number of carbonyl (C=O) groups is 2. The summed E-state index contributed by atoms with van der Waals surface area (Å²) >= 11 is 0. The first-order valence-electron chi connectivity index (χ1n) is 10.2. The zero-order valence-electron chi connectivity index (χ0n) is 18.7. The van der Waals surface area contributed by atoms with Gasteiger partial charge in [-0.25, -0.2) is 0 Å². The van der Waals surface area contributed by atoms with Crippen LogP contribution in [0, 0.1) is 0 Å². The smallest absolute Gasteiger partial charge is 0.262 e. The van der Waals surface area contributed by atoms with Crippen molar-refractivity contribution in [2.45, 2.75) is 32.7 Å². The molecule has 0 spiro atoms. The Labute approximate surface area is 187 Å². The molecule has 0 saturated heterocycles. The Morgan fingerprint density at radius 2 is 1.66 bits per heavy atom. The minimum atomic E-state index is -0.309. The van der Waals surface area contributed by atoms with E-state index in [0.717, 1.165) is 5.56 Å². The average Bonchev–Trinajstić information content (AvgIpc) is 3.18. The zero-order valence-corrected chi connectivity index (χ0v) is 18.7. The van der Waals surface area contributed by atoms with Gasteiger partial charge in [-0.1, -0.05) is 39.0 Å². The van der Waals surface area contributed by atoms with Crippen LogP contribution in [0.5, 0.6) is 11.5 Å². The van der Waals surface area contributed by atoms with Crippen molar-refractivity contribution >= 4 is 23.2 Å². The van der Waals surface area contributed by atoms with Crippen molar-refractivity contribution in [1.82, 2.24) is 9.78 Å². The minimum Gasteiger partial charge on any atom is -0.497 e. The van der Waals surface area contributed by atoms with E-state index in [1.54, 1.807) is 37.6 Å². The van der Waals surface area contributed by atoms with Crippen LogP contribution in [0.2, 0.25) is 0 Å². The molecule has 8 nitrogen and oxygen atoms in total. The molecular formula is C24H28N4O4. The minimum absolute atomic E-state index is 0.0113. The van der Waals surface area contributed by atoms with Gasteiger partial charge < -0.3 is 20.1 Å². The van der Waals surface area contributed by atoms with Crippen molar-refractivity contribution in [3.8, 4) is 11.5 Å². The fourth-order valence-electron chi connectivity index (χ4n) is 3.09. The molecule has 168 valence electrons. The Kier molecular flexibility index (Phi) is 7.14. The van der Waals surface area contributed by atoms with Crippen molar-refractivity contribution in [3.05, 3.63) is 66.5 Å². The number of hydrogen-bond donors (Lipinski definition) is 2. The van der Waals surface area contributed by atoms with E-state index in [-0.39, 0.29) is 30.4 Å². The van der Waals surface area contributed by atoms with Crippen molar-refractivity contribution in [2.75, 3.05) is 24.4 Å². The van der Waals surface area contributed by atoms with E-state index in [1.165, 1.54) is 10.9 Å². The van der Waals surface area contributed by atoms with E-state index in [2.05, 4.69) is 36.5 Å². The van der Waals surface area contributed by atoms with Crippen LogP contribution in [0.15, 0.2) is 60.9 Å². The summed E-state index contributed by atoms with van der Waals surface area (Å²) in [6.07, 6.45) is 3.08. The lowest BCUT2D eigenvalue weighted by Gasteiger charge is -2.22.